The zero-order valence-corrected chi connectivity index (χ0v) is 9.81. The molecule has 0 saturated heterocycles. The van der Waals surface area contributed by atoms with Gasteiger partial charge in [0.15, 0.2) is 0 Å². The summed E-state index contributed by atoms with van der Waals surface area (Å²) in [7, 11) is 0. The predicted molar refractivity (Wildman–Crippen MR) is 61.1 cm³/mol. The Labute approximate surface area is 86.3 Å². The molecule has 0 spiro atoms. The van der Waals surface area contributed by atoms with Crippen molar-refractivity contribution in [3.05, 3.63) is 0 Å². The van der Waals surface area contributed by atoms with Gasteiger partial charge in [0.05, 0.1) is 6.10 Å². The average molecular weight is 205 g/mol. The Bertz CT molecular complexity index is 119. The van der Waals surface area contributed by atoms with Crippen molar-refractivity contribution < 1.29 is 5.11 Å². The molecule has 3 unspecified atom stereocenters. The van der Waals surface area contributed by atoms with Gasteiger partial charge in [0.25, 0.3) is 0 Å². The molecule has 80 valence electrons. The molecular weight excluding hydrogens is 182 g/mol. The van der Waals surface area contributed by atoms with Crippen LogP contribution in [0.3, 0.4) is 0 Å². The Morgan fingerprint density at radius 1 is 1.38 bits per heavy atom. The summed E-state index contributed by atoms with van der Waals surface area (Å²) in [6.45, 7) is 6.03. The minimum atomic E-state index is -0.204. The number of nitrogens with two attached hydrogens (primary N) is 1. The van der Waals surface area contributed by atoms with Crippen LogP contribution in [-0.4, -0.2) is 28.3 Å². The highest BCUT2D eigenvalue weighted by Gasteiger charge is 2.08. The maximum atomic E-state index is 9.23. The van der Waals surface area contributed by atoms with Gasteiger partial charge in [-0.2, -0.15) is 11.8 Å². The molecule has 0 bridgehead atoms. The van der Waals surface area contributed by atoms with Crippen molar-refractivity contribution >= 4 is 11.8 Å². The summed E-state index contributed by atoms with van der Waals surface area (Å²) in [5.41, 5.74) is 5.79. The molecule has 0 aliphatic carbocycles. The smallest absolute Gasteiger partial charge is 0.0627 e. The Balaban J connectivity index is 3.25. The first-order chi connectivity index (χ1) is 6.07. The van der Waals surface area contributed by atoms with Crippen molar-refractivity contribution in [2.75, 3.05) is 5.75 Å². The molecular formula is C10H23NOS. The van der Waals surface area contributed by atoms with E-state index in [1.54, 1.807) is 0 Å². The van der Waals surface area contributed by atoms with E-state index in [4.69, 9.17) is 5.73 Å². The second-order valence-electron chi connectivity index (χ2n) is 3.63. The molecule has 0 amide bonds. The molecule has 3 atom stereocenters. The van der Waals surface area contributed by atoms with Gasteiger partial charge in [-0.1, -0.05) is 13.8 Å². The maximum Gasteiger partial charge on any atom is 0.0627 e. The van der Waals surface area contributed by atoms with Gasteiger partial charge in [-0.25, -0.2) is 0 Å². The average Bonchev–Trinajstić information content (AvgIpc) is 2.11. The van der Waals surface area contributed by atoms with Crippen LogP contribution in [0.1, 0.15) is 40.0 Å². The van der Waals surface area contributed by atoms with Gasteiger partial charge in [-0.15, -0.1) is 0 Å². The molecule has 0 rings (SSSR count). The van der Waals surface area contributed by atoms with E-state index in [0.29, 0.717) is 11.3 Å². The Morgan fingerprint density at radius 3 is 2.46 bits per heavy atom. The van der Waals surface area contributed by atoms with E-state index in [1.807, 2.05) is 18.7 Å². The highest BCUT2D eigenvalue weighted by atomic mass is 32.2. The molecule has 2 nitrogen and oxygen atoms in total. The second kappa shape index (κ2) is 7.65. The molecule has 0 heterocycles. The minimum absolute atomic E-state index is 0.204. The summed E-state index contributed by atoms with van der Waals surface area (Å²) in [5, 5.41) is 9.58. The number of hydrogen-bond donors (Lipinski definition) is 2. The van der Waals surface area contributed by atoms with Gasteiger partial charge in [0.2, 0.25) is 0 Å². The highest BCUT2D eigenvalue weighted by molar-refractivity contribution is 7.99. The van der Waals surface area contributed by atoms with Crippen LogP contribution >= 0.6 is 11.8 Å². The van der Waals surface area contributed by atoms with Gasteiger partial charge in [0, 0.05) is 11.3 Å². The summed E-state index contributed by atoms with van der Waals surface area (Å²) < 4.78 is 0. The number of thioether (sulfide) groups is 1. The summed E-state index contributed by atoms with van der Waals surface area (Å²) in [6, 6.07) is 0.363. The molecule has 0 aromatic heterocycles. The molecule has 13 heavy (non-hydrogen) atoms. The lowest BCUT2D eigenvalue weighted by Gasteiger charge is -2.14. The van der Waals surface area contributed by atoms with E-state index < -0.39 is 0 Å². The van der Waals surface area contributed by atoms with E-state index in [9.17, 15) is 5.11 Å². The first-order valence-electron chi connectivity index (χ1n) is 5.13. The third-order valence-corrected chi connectivity index (χ3v) is 3.75. The van der Waals surface area contributed by atoms with Gasteiger partial charge < -0.3 is 10.8 Å². The van der Waals surface area contributed by atoms with Crippen LogP contribution in [-0.2, 0) is 0 Å². The van der Waals surface area contributed by atoms with Gasteiger partial charge >= 0.3 is 0 Å². The van der Waals surface area contributed by atoms with Crippen molar-refractivity contribution in [1.82, 2.24) is 0 Å². The Kier molecular flexibility index (Phi) is 7.81. The summed E-state index contributed by atoms with van der Waals surface area (Å²) in [5.74, 6) is 1.11. The Hall–Kier alpha value is 0.270. The van der Waals surface area contributed by atoms with Crippen LogP contribution in [0.15, 0.2) is 0 Å². The zero-order valence-electron chi connectivity index (χ0n) is 8.99. The molecule has 0 aromatic carbocycles. The summed E-state index contributed by atoms with van der Waals surface area (Å²) in [4.78, 5) is 0. The molecule has 0 saturated carbocycles. The van der Waals surface area contributed by atoms with Crippen molar-refractivity contribution in [3.63, 3.8) is 0 Å². The van der Waals surface area contributed by atoms with E-state index in [0.717, 1.165) is 25.0 Å². The third-order valence-electron chi connectivity index (χ3n) is 2.30. The number of rotatable bonds is 7. The number of aliphatic hydroxyl groups excluding tert-OH is 1. The van der Waals surface area contributed by atoms with Crippen LogP contribution < -0.4 is 5.73 Å². The topological polar surface area (TPSA) is 46.2 Å². The molecule has 0 fully saturated rings. The second-order valence-corrected chi connectivity index (χ2v) is 5.11. The minimum Gasteiger partial charge on any atom is -0.392 e. The van der Waals surface area contributed by atoms with Crippen LogP contribution in [0.25, 0.3) is 0 Å². The first-order valence-corrected chi connectivity index (χ1v) is 6.18. The summed E-state index contributed by atoms with van der Waals surface area (Å²) >= 11 is 1.83. The van der Waals surface area contributed by atoms with Gasteiger partial charge in [-0.05, 0) is 31.9 Å². The Morgan fingerprint density at radius 2 is 2.00 bits per heavy atom. The first kappa shape index (κ1) is 13.3. The molecule has 3 N–H and O–H groups in total. The lowest BCUT2D eigenvalue weighted by molar-refractivity contribution is 0.196. The van der Waals surface area contributed by atoms with E-state index in [-0.39, 0.29) is 6.10 Å². The van der Waals surface area contributed by atoms with Crippen molar-refractivity contribution in [2.24, 2.45) is 5.73 Å². The van der Waals surface area contributed by atoms with Crippen LogP contribution in [0.2, 0.25) is 0 Å². The zero-order chi connectivity index (χ0) is 10.3. The molecule has 0 aliphatic heterocycles. The highest BCUT2D eigenvalue weighted by Crippen LogP contribution is 2.16. The standard InChI is InChI=1S/C10H23NOS/c1-4-10(11)6-5-7-13-9(3)8(2)12/h8-10,12H,4-7,11H2,1-3H3. The normalized spacial score (nSPS) is 18.2. The monoisotopic (exact) mass is 205 g/mol. The lowest BCUT2D eigenvalue weighted by Crippen LogP contribution is -2.19. The van der Waals surface area contributed by atoms with E-state index >= 15 is 0 Å². The van der Waals surface area contributed by atoms with Crippen molar-refractivity contribution in [1.29, 1.82) is 0 Å². The quantitative estimate of drug-likeness (QED) is 0.625. The molecule has 0 radical (unpaired) electrons. The van der Waals surface area contributed by atoms with E-state index in [2.05, 4.69) is 13.8 Å². The summed E-state index contributed by atoms with van der Waals surface area (Å²) in [6.07, 6.45) is 3.13. The molecule has 3 heteroatoms. The third kappa shape index (κ3) is 7.35. The largest absolute Gasteiger partial charge is 0.392 e. The predicted octanol–water partition coefficient (Wildman–Crippen LogP) is 2.01. The van der Waals surface area contributed by atoms with Crippen molar-refractivity contribution in [3.8, 4) is 0 Å². The fraction of sp³-hybridized carbons (Fsp3) is 1.00. The van der Waals surface area contributed by atoms with Gasteiger partial charge in [-0.3, -0.25) is 0 Å². The van der Waals surface area contributed by atoms with Crippen LogP contribution in [0.4, 0.5) is 0 Å². The SMILES string of the molecule is CCC(N)CCCSC(C)C(C)O. The molecule has 0 aliphatic rings. The van der Waals surface area contributed by atoms with Gasteiger partial charge in [0.1, 0.15) is 0 Å². The fourth-order valence-corrected chi connectivity index (χ4v) is 1.94. The maximum absolute atomic E-state index is 9.23. The number of hydrogen-bond acceptors (Lipinski definition) is 3. The lowest BCUT2D eigenvalue weighted by atomic mass is 10.1. The van der Waals surface area contributed by atoms with E-state index in [1.165, 1.54) is 0 Å². The number of aliphatic hydroxyl groups is 1. The van der Waals surface area contributed by atoms with Crippen LogP contribution in [0, 0.1) is 0 Å². The fourth-order valence-electron chi connectivity index (χ4n) is 0.958. The van der Waals surface area contributed by atoms with Crippen LogP contribution in [0.5, 0.6) is 0 Å². The molecule has 0 aromatic rings. The van der Waals surface area contributed by atoms with Crippen molar-refractivity contribution in [2.45, 2.75) is 57.4 Å².